The fraction of sp³-hybridized carbons (Fsp3) is 0.133. The molecule has 0 unspecified atom stereocenters. The van der Waals surface area contributed by atoms with Crippen LogP contribution in [0.25, 0.3) is 11.1 Å². The summed E-state index contributed by atoms with van der Waals surface area (Å²) in [5, 5.41) is 0. The van der Waals surface area contributed by atoms with Gasteiger partial charge in [-0.2, -0.15) is 0 Å². The van der Waals surface area contributed by atoms with Crippen LogP contribution in [-0.2, 0) is 4.74 Å². The van der Waals surface area contributed by atoms with Crippen molar-refractivity contribution < 1.29 is 22.7 Å². The number of ether oxygens (including phenoxy) is 1. The van der Waals surface area contributed by atoms with E-state index in [0.717, 1.165) is 12.1 Å². The Bertz CT molecular complexity index is 654. The molecule has 2 rings (SSSR count). The van der Waals surface area contributed by atoms with Gasteiger partial charge in [0.05, 0.1) is 12.2 Å². The summed E-state index contributed by atoms with van der Waals surface area (Å²) in [6.07, 6.45) is 0. The van der Waals surface area contributed by atoms with Crippen molar-refractivity contribution in [2.24, 2.45) is 0 Å². The first kappa shape index (κ1) is 14.1. The SMILES string of the molecule is CCOC(=O)c1ccc(-c2cccc(F)c2F)c(F)c1. The van der Waals surface area contributed by atoms with Gasteiger partial charge in [0.15, 0.2) is 11.6 Å². The molecular formula is C15H11F3O2. The highest BCUT2D eigenvalue weighted by molar-refractivity contribution is 5.90. The Labute approximate surface area is 113 Å². The Hall–Kier alpha value is -2.30. The second-order valence-corrected chi connectivity index (χ2v) is 4.02. The molecule has 0 radical (unpaired) electrons. The molecule has 0 N–H and O–H groups in total. The number of halogens is 3. The van der Waals surface area contributed by atoms with Crippen LogP contribution in [-0.4, -0.2) is 12.6 Å². The topological polar surface area (TPSA) is 26.3 Å². The van der Waals surface area contributed by atoms with Crippen molar-refractivity contribution in [1.29, 1.82) is 0 Å². The highest BCUT2D eigenvalue weighted by Gasteiger charge is 2.15. The van der Waals surface area contributed by atoms with Gasteiger partial charge in [-0.05, 0) is 25.1 Å². The predicted molar refractivity (Wildman–Crippen MR) is 67.7 cm³/mol. The minimum absolute atomic E-state index is 0.0184. The van der Waals surface area contributed by atoms with Crippen LogP contribution < -0.4 is 0 Å². The van der Waals surface area contributed by atoms with Crippen LogP contribution >= 0.6 is 0 Å². The summed E-state index contributed by atoms with van der Waals surface area (Å²) in [7, 11) is 0. The summed E-state index contributed by atoms with van der Waals surface area (Å²) < 4.78 is 45.4. The zero-order chi connectivity index (χ0) is 14.7. The third-order valence-corrected chi connectivity index (χ3v) is 2.72. The van der Waals surface area contributed by atoms with Gasteiger partial charge < -0.3 is 4.74 Å². The molecule has 5 heteroatoms. The van der Waals surface area contributed by atoms with Crippen molar-refractivity contribution >= 4 is 5.97 Å². The Morgan fingerprint density at radius 2 is 1.80 bits per heavy atom. The van der Waals surface area contributed by atoms with E-state index in [1.54, 1.807) is 6.92 Å². The van der Waals surface area contributed by atoms with Gasteiger partial charge in [-0.1, -0.05) is 18.2 Å². The van der Waals surface area contributed by atoms with Gasteiger partial charge in [0.2, 0.25) is 0 Å². The average molecular weight is 280 g/mol. The molecule has 0 aliphatic rings. The maximum absolute atomic E-state index is 14.0. The van der Waals surface area contributed by atoms with Gasteiger partial charge in [0.25, 0.3) is 0 Å². The monoisotopic (exact) mass is 280 g/mol. The molecule has 0 fully saturated rings. The largest absolute Gasteiger partial charge is 0.462 e. The number of carbonyl (C=O) groups excluding carboxylic acids is 1. The van der Waals surface area contributed by atoms with Crippen molar-refractivity contribution in [2.75, 3.05) is 6.61 Å². The lowest BCUT2D eigenvalue weighted by Crippen LogP contribution is -2.05. The van der Waals surface area contributed by atoms with Crippen molar-refractivity contribution in [1.82, 2.24) is 0 Å². The van der Waals surface area contributed by atoms with E-state index in [1.165, 1.54) is 24.3 Å². The molecule has 0 bridgehead atoms. The summed E-state index contributed by atoms with van der Waals surface area (Å²) in [5.74, 6) is -3.68. The van der Waals surface area contributed by atoms with E-state index in [0.29, 0.717) is 0 Å². The molecule has 0 aliphatic heterocycles. The van der Waals surface area contributed by atoms with Gasteiger partial charge in [-0.25, -0.2) is 18.0 Å². The lowest BCUT2D eigenvalue weighted by molar-refractivity contribution is 0.0526. The van der Waals surface area contributed by atoms with Gasteiger partial charge in [0.1, 0.15) is 5.82 Å². The molecule has 0 heterocycles. The predicted octanol–water partition coefficient (Wildman–Crippen LogP) is 3.95. The lowest BCUT2D eigenvalue weighted by atomic mass is 10.0. The Kier molecular flexibility index (Phi) is 4.08. The third-order valence-electron chi connectivity index (χ3n) is 2.72. The zero-order valence-corrected chi connectivity index (χ0v) is 10.6. The van der Waals surface area contributed by atoms with E-state index >= 15 is 0 Å². The van der Waals surface area contributed by atoms with E-state index < -0.39 is 23.4 Å². The number of carbonyl (C=O) groups is 1. The van der Waals surface area contributed by atoms with Gasteiger partial charge in [-0.3, -0.25) is 0 Å². The molecule has 0 aliphatic carbocycles. The minimum atomic E-state index is -1.13. The van der Waals surface area contributed by atoms with Crippen LogP contribution in [0, 0.1) is 17.5 Å². The second kappa shape index (κ2) is 5.77. The second-order valence-electron chi connectivity index (χ2n) is 4.02. The number of benzene rings is 2. The molecule has 20 heavy (non-hydrogen) atoms. The highest BCUT2D eigenvalue weighted by atomic mass is 19.2. The van der Waals surface area contributed by atoms with E-state index in [1.807, 2.05) is 0 Å². The summed E-state index contributed by atoms with van der Waals surface area (Å²) >= 11 is 0. The smallest absolute Gasteiger partial charge is 0.338 e. The number of esters is 1. The first-order valence-electron chi connectivity index (χ1n) is 5.95. The molecule has 2 nitrogen and oxygen atoms in total. The fourth-order valence-electron chi connectivity index (χ4n) is 1.79. The first-order valence-corrected chi connectivity index (χ1v) is 5.95. The van der Waals surface area contributed by atoms with Crippen molar-refractivity contribution in [3.63, 3.8) is 0 Å². The molecule has 0 amide bonds. The Morgan fingerprint density at radius 1 is 1.05 bits per heavy atom. The average Bonchev–Trinajstić information content (AvgIpc) is 2.42. The summed E-state index contributed by atoms with van der Waals surface area (Å²) in [6.45, 7) is 1.80. The minimum Gasteiger partial charge on any atom is -0.462 e. The third kappa shape index (κ3) is 2.66. The maximum atomic E-state index is 14.0. The van der Waals surface area contributed by atoms with E-state index in [-0.39, 0.29) is 23.3 Å². The molecule has 0 saturated heterocycles. The molecule has 0 aromatic heterocycles. The lowest BCUT2D eigenvalue weighted by Gasteiger charge is -2.07. The van der Waals surface area contributed by atoms with Crippen LogP contribution in [0.3, 0.4) is 0 Å². The van der Waals surface area contributed by atoms with Gasteiger partial charge in [-0.15, -0.1) is 0 Å². The first-order chi connectivity index (χ1) is 9.54. The number of hydrogen-bond acceptors (Lipinski definition) is 2. The molecule has 104 valence electrons. The van der Waals surface area contributed by atoms with Crippen LogP contribution in [0.2, 0.25) is 0 Å². The normalized spacial score (nSPS) is 10.4. The number of rotatable bonds is 3. The van der Waals surface area contributed by atoms with Gasteiger partial charge >= 0.3 is 5.97 Å². The molecule has 0 saturated carbocycles. The quantitative estimate of drug-likeness (QED) is 0.796. The zero-order valence-electron chi connectivity index (χ0n) is 10.6. The fourth-order valence-corrected chi connectivity index (χ4v) is 1.79. The molecule has 2 aromatic rings. The summed E-state index contributed by atoms with van der Waals surface area (Å²) in [6, 6.07) is 6.97. The summed E-state index contributed by atoms with van der Waals surface area (Å²) in [4.78, 5) is 11.4. The molecule has 0 spiro atoms. The van der Waals surface area contributed by atoms with E-state index in [4.69, 9.17) is 4.74 Å². The Morgan fingerprint density at radius 3 is 2.45 bits per heavy atom. The Balaban J connectivity index is 2.44. The van der Waals surface area contributed by atoms with Crippen LogP contribution in [0.4, 0.5) is 13.2 Å². The van der Waals surface area contributed by atoms with Crippen molar-refractivity contribution in [2.45, 2.75) is 6.92 Å². The van der Waals surface area contributed by atoms with E-state index in [2.05, 4.69) is 0 Å². The molecule has 2 aromatic carbocycles. The van der Waals surface area contributed by atoms with Crippen LogP contribution in [0.1, 0.15) is 17.3 Å². The molecule has 0 atom stereocenters. The van der Waals surface area contributed by atoms with Crippen LogP contribution in [0.15, 0.2) is 36.4 Å². The highest BCUT2D eigenvalue weighted by Crippen LogP contribution is 2.27. The molecular weight excluding hydrogens is 269 g/mol. The van der Waals surface area contributed by atoms with Crippen molar-refractivity contribution in [3.8, 4) is 11.1 Å². The van der Waals surface area contributed by atoms with Crippen molar-refractivity contribution in [3.05, 3.63) is 59.4 Å². The van der Waals surface area contributed by atoms with E-state index in [9.17, 15) is 18.0 Å². The summed E-state index contributed by atoms with van der Waals surface area (Å²) in [5.41, 5.74) is -0.294. The number of hydrogen-bond donors (Lipinski definition) is 0. The standard InChI is InChI=1S/C15H11F3O2/c1-2-20-15(19)9-6-7-10(13(17)8-9)11-4-3-5-12(16)14(11)18/h3-8H,2H2,1H3. The van der Waals surface area contributed by atoms with Crippen LogP contribution in [0.5, 0.6) is 0 Å². The van der Waals surface area contributed by atoms with Gasteiger partial charge in [0, 0.05) is 11.1 Å². The maximum Gasteiger partial charge on any atom is 0.338 e.